The van der Waals surface area contributed by atoms with Crippen LogP contribution in [0, 0.1) is 12.8 Å². The molecule has 1 N–H and O–H groups in total. The van der Waals surface area contributed by atoms with Crippen molar-refractivity contribution < 1.29 is 0 Å². The quantitative estimate of drug-likeness (QED) is 0.777. The van der Waals surface area contributed by atoms with Crippen LogP contribution in [-0.2, 0) is 0 Å². The Morgan fingerprint density at radius 3 is 2.26 bits per heavy atom. The van der Waals surface area contributed by atoms with Gasteiger partial charge >= 0.3 is 0 Å². The minimum Gasteiger partial charge on any atom is -0.378 e. The smallest absolute Gasteiger partial charge is 0.0536 e. The zero-order chi connectivity index (χ0) is 13.8. The van der Waals surface area contributed by atoms with Gasteiger partial charge in [0.05, 0.1) is 6.04 Å². The summed E-state index contributed by atoms with van der Waals surface area (Å²) in [6.07, 6.45) is 0. The van der Waals surface area contributed by atoms with E-state index in [0.29, 0.717) is 12.0 Å². The fraction of sp³-hybridized carbons (Fsp3) is 0.294. The SMILES string of the molecule is Cc1c(Br)cccc1NC(c1ccccc1)C(C)C. The molecule has 2 aromatic carbocycles. The Hall–Kier alpha value is -1.28. The number of halogens is 1. The summed E-state index contributed by atoms with van der Waals surface area (Å²) in [5.41, 5.74) is 3.78. The fourth-order valence-corrected chi connectivity index (χ4v) is 2.59. The lowest BCUT2D eigenvalue weighted by Crippen LogP contribution is -2.17. The minimum absolute atomic E-state index is 0.328. The molecule has 2 rings (SSSR count). The summed E-state index contributed by atoms with van der Waals surface area (Å²) in [5, 5.41) is 3.67. The molecular weight excluding hydrogens is 298 g/mol. The number of anilines is 1. The van der Waals surface area contributed by atoms with Crippen molar-refractivity contribution in [2.75, 3.05) is 5.32 Å². The molecule has 0 amide bonds. The van der Waals surface area contributed by atoms with Crippen LogP contribution in [0.1, 0.15) is 31.0 Å². The molecule has 0 saturated heterocycles. The number of nitrogens with one attached hydrogen (secondary N) is 1. The van der Waals surface area contributed by atoms with Crippen molar-refractivity contribution in [1.82, 2.24) is 0 Å². The van der Waals surface area contributed by atoms with Gasteiger partial charge in [-0.15, -0.1) is 0 Å². The van der Waals surface area contributed by atoms with Crippen LogP contribution in [0.25, 0.3) is 0 Å². The Morgan fingerprint density at radius 2 is 1.63 bits per heavy atom. The monoisotopic (exact) mass is 317 g/mol. The van der Waals surface area contributed by atoms with Gasteiger partial charge in [-0.1, -0.05) is 66.2 Å². The maximum absolute atomic E-state index is 3.67. The number of hydrogen-bond donors (Lipinski definition) is 1. The van der Waals surface area contributed by atoms with E-state index in [2.05, 4.69) is 90.5 Å². The predicted molar refractivity (Wildman–Crippen MR) is 86.5 cm³/mol. The number of benzene rings is 2. The molecule has 0 fully saturated rings. The second-order valence-electron chi connectivity index (χ2n) is 5.19. The molecule has 0 saturated carbocycles. The molecule has 0 aliphatic carbocycles. The summed E-state index contributed by atoms with van der Waals surface area (Å²) in [6.45, 7) is 6.63. The lowest BCUT2D eigenvalue weighted by Gasteiger charge is -2.25. The van der Waals surface area contributed by atoms with Gasteiger partial charge in [-0.2, -0.15) is 0 Å². The molecule has 100 valence electrons. The standard InChI is InChI=1S/C17H20BrN/c1-12(2)17(14-8-5-4-6-9-14)19-16-11-7-10-15(18)13(16)3/h4-12,17,19H,1-3H3. The zero-order valence-corrected chi connectivity index (χ0v) is 13.2. The molecule has 0 bridgehead atoms. The van der Waals surface area contributed by atoms with Crippen molar-refractivity contribution in [2.45, 2.75) is 26.8 Å². The molecule has 0 heterocycles. The first-order chi connectivity index (χ1) is 9.09. The van der Waals surface area contributed by atoms with E-state index < -0.39 is 0 Å². The third-order valence-corrected chi connectivity index (χ3v) is 4.26. The van der Waals surface area contributed by atoms with Gasteiger partial charge in [-0.25, -0.2) is 0 Å². The first kappa shape index (κ1) is 14.1. The van der Waals surface area contributed by atoms with Crippen molar-refractivity contribution in [3.63, 3.8) is 0 Å². The summed E-state index contributed by atoms with van der Waals surface area (Å²) in [5.74, 6) is 0.529. The molecule has 0 aromatic heterocycles. The highest BCUT2D eigenvalue weighted by Crippen LogP contribution is 2.30. The second kappa shape index (κ2) is 6.25. The maximum atomic E-state index is 3.67. The molecule has 0 aliphatic heterocycles. The van der Waals surface area contributed by atoms with Gasteiger partial charge in [0.1, 0.15) is 0 Å². The average molecular weight is 318 g/mol. The highest BCUT2D eigenvalue weighted by atomic mass is 79.9. The van der Waals surface area contributed by atoms with E-state index in [4.69, 9.17) is 0 Å². The van der Waals surface area contributed by atoms with E-state index in [0.717, 1.165) is 4.47 Å². The van der Waals surface area contributed by atoms with E-state index in [9.17, 15) is 0 Å². The molecule has 1 nitrogen and oxygen atoms in total. The topological polar surface area (TPSA) is 12.0 Å². The molecule has 1 atom stereocenters. The summed E-state index contributed by atoms with van der Waals surface area (Å²) in [6, 6.07) is 17.2. The van der Waals surface area contributed by atoms with Crippen LogP contribution in [0.5, 0.6) is 0 Å². The molecule has 0 radical (unpaired) electrons. The van der Waals surface area contributed by atoms with Crippen molar-refractivity contribution >= 4 is 21.6 Å². The van der Waals surface area contributed by atoms with E-state index in [1.165, 1.54) is 16.8 Å². The van der Waals surface area contributed by atoms with Crippen molar-refractivity contribution in [3.8, 4) is 0 Å². The number of rotatable bonds is 4. The van der Waals surface area contributed by atoms with Crippen molar-refractivity contribution in [1.29, 1.82) is 0 Å². The Labute approximate surface area is 124 Å². The summed E-state index contributed by atoms with van der Waals surface area (Å²) >= 11 is 3.59. The predicted octanol–water partition coefficient (Wildman–Crippen LogP) is 5.57. The number of hydrogen-bond acceptors (Lipinski definition) is 1. The normalized spacial score (nSPS) is 12.5. The molecule has 2 heteroatoms. The Morgan fingerprint density at radius 1 is 0.947 bits per heavy atom. The molecule has 19 heavy (non-hydrogen) atoms. The van der Waals surface area contributed by atoms with Gasteiger partial charge in [0.15, 0.2) is 0 Å². The Balaban J connectivity index is 2.30. The summed E-state index contributed by atoms with van der Waals surface area (Å²) in [4.78, 5) is 0. The van der Waals surface area contributed by atoms with E-state index in [-0.39, 0.29) is 0 Å². The lowest BCUT2D eigenvalue weighted by molar-refractivity contribution is 0.546. The van der Waals surface area contributed by atoms with Crippen LogP contribution >= 0.6 is 15.9 Å². The van der Waals surface area contributed by atoms with Crippen LogP contribution in [0.3, 0.4) is 0 Å². The van der Waals surface area contributed by atoms with Crippen LogP contribution in [0.4, 0.5) is 5.69 Å². The van der Waals surface area contributed by atoms with Gasteiger partial charge < -0.3 is 5.32 Å². The van der Waals surface area contributed by atoms with E-state index >= 15 is 0 Å². The highest BCUT2D eigenvalue weighted by Gasteiger charge is 2.16. The van der Waals surface area contributed by atoms with Crippen LogP contribution in [0.15, 0.2) is 53.0 Å². The third kappa shape index (κ3) is 3.38. The van der Waals surface area contributed by atoms with Crippen LogP contribution < -0.4 is 5.32 Å². The van der Waals surface area contributed by atoms with Gasteiger partial charge in [0.25, 0.3) is 0 Å². The van der Waals surface area contributed by atoms with E-state index in [1.54, 1.807) is 0 Å². The van der Waals surface area contributed by atoms with Crippen LogP contribution in [0.2, 0.25) is 0 Å². The lowest BCUT2D eigenvalue weighted by atomic mass is 9.95. The van der Waals surface area contributed by atoms with Gasteiger partial charge in [0.2, 0.25) is 0 Å². The van der Waals surface area contributed by atoms with Crippen molar-refractivity contribution in [2.24, 2.45) is 5.92 Å². The first-order valence-corrected chi connectivity index (χ1v) is 7.45. The van der Waals surface area contributed by atoms with Crippen molar-refractivity contribution in [3.05, 3.63) is 64.1 Å². The zero-order valence-electron chi connectivity index (χ0n) is 11.7. The summed E-state index contributed by atoms with van der Waals surface area (Å²) < 4.78 is 1.15. The Bertz CT molecular complexity index is 534. The Kier molecular flexibility index (Phi) is 4.65. The van der Waals surface area contributed by atoms with E-state index in [1.807, 2.05) is 0 Å². The first-order valence-electron chi connectivity index (χ1n) is 6.66. The van der Waals surface area contributed by atoms with Crippen LogP contribution in [-0.4, -0.2) is 0 Å². The summed E-state index contributed by atoms with van der Waals surface area (Å²) in [7, 11) is 0. The second-order valence-corrected chi connectivity index (χ2v) is 6.04. The molecular formula is C17H20BrN. The third-order valence-electron chi connectivity index (χ3n) is 3.40. The molecule has 0 aliphatic rings. The largest absolute Gasteiger partial charge is 0.378 e. The minimum atomic E-state index is 0.328. The fourth-order valence-electron chi connectivity index (χ4n) is 2.23. The average Bonchev–Trinajstić information content (AvgIpc) is 2.41. The molecule has 1 unspecified atom stereocenters. The molecule has 0 spiro atoms. The van der Waals surface area contributed by atoms with Gasteiger partial charge in [-0.3, -0.25) is 0 Å². The van der Waals surface area contributed by atoms with Gasteiger partial charge in [0, 0.05) is 10.2 Å². The maximum Gasteiger partial charge on any atom is 0.0536 e. The molecule has 2 aromatic rings. The van der Waals surface area contributed by atoms with Gasteiger partial charge in [-0.05, 0) is 36.1 Å². The highest BCUT2D eigenvalue weighted by molar-refractivity contribution is 9.10.